The van der Waals surface area contributed by atoms with Crippen molar-refractivity contribution in [2.24, 2.45) is 5.92 Å². The summed E-state index contributed by atoms with van der Waals surface area (Å²) in [6.45, 7) is 2.96. The van der Waals surface area contributed by atoms with E-state index in [4.69, 9.17) is 4.74 Å². The molecule has 1 saturated heterocycles. The van der Waals surface area contributed by atoms with Gasteiger partial charge in [0.1, 0.15) is 5.75 Å². The lowest BCUT2D eigenvalue weighted by Crippen LogP contribution is -2.32. The van der Waals surface area contributed by atoms with Crippen molar-refractivity contribution < 1.29 is 14.3 Å². The molecule has 2 aromatic carbocycles. The Balaban J connectivity index is 1.59. The number of benzene rings is 2. The smallest absolute Gasteiger partial charge is 0.227 e. The van der Waals surface area contributed by atoms with Gasteiger partial charge in [0.2, 0.25) is 11.8 Å². The first kappa shape index (κ1) is 18.0. The van der Waals surface area contributed by atoms with Gasteiger partial charge in [-0.05, 0) is 41.8 Å². The van der Waals surface area contributed by atoms with E-state index >= 15 is 0 Å². The Morgan fingerprint density at radius 3 is 2.65 bits per heavy atom. The highest BCUT2D eigenvalue weighted by Crippen LogP contribution is 2.26. The molecule has 1 aliphatic rings. The molecular formula is C21H24N2O3. The fourth-order valence-corrected chi connectivity index (χ4v) is 3.15. The number of nitrogens with zero attached hydrogens (tertiary/aromatic N) is 1. The van der Waals surface area contributed by atoms with Crippen molar-refractivity contribution in [3.8, 4) is 5.75 Å². The van der Waals surface area contributed by atoms with Crippen LogP contribution in [0.4, 0.5) is 5.69 Å². The van der Waals surface area contributed by atoms with Crippen molar-refractivity contribution >= 4 is 17.5 Å². The Morgan fingerprint density at radius 1 is 1.19 bits per heavy atom. The molecule has 0 aromatic heterocycles. The summed E-state index contributed by atoms with van der Waals surface area (Å²) in [5.74, 6) is 0.392. The van der Waals surface area contributed by atoms with E-state index in [0.717, 1.165) is 23.4 Å². The Labute approximate surface area is 154 Å². The number of aryl methyl sites for hydroxylation is 1. The van der Waals surface area contributed by atoms with E-state index in [2.05, 4.69) is 12.2 Å². The van der Waals surface area contributed by atoms with E-state index in [9.17, 15) is 9.59 Å². The minimum atomic E-state index is -0.314. The summed E-state index contributed by atoms with van der Waals surface area (Å²) in [7, 11) is 1.62. The number of hydrogen-bond donors (Lipinski definition) is 1. The zero-order valence-corrected chi connectivity index (χ0v) is 15.2. The van der Waals surface area contributed by atoms with Crippen molar-refractivity contribution in [2.75, 3.05) is 18.6 Å². The van der Waals surface area contributed by atoms with E-state index < -0.39 is 0 Å². The molecule has 136 valence electrons. The van der Waals surface area contributed by atoms with Crippen LogP contribution in [0.1, 0.15) is 24.5 Å². The largest absolute Gasteiger partial charge is 0.497 e. The van der Waals surface area contributed by atoms with Crippen molar-refractivity contribution in [1.29, 1.82) is 0 Å². The topological polar surface area (TPSA) is 58.6 Å². The zero-order chi connectivity index (χ0) is 18.5. The molecule has 1 N–H and O–H groups in total. The van der Waals surface area contributed by atoms with Gasteiger partial charge in [-0.1, -0.05) is 31.2 Å². The molecule has 1 heterocycles. The molecular weight excluding hydrogens is 328 g/mol. The van der Waals surface area contributed by atoms with Crippen LogP contribution in [0.5, 0.6) is 5.75 Å². The third-order valence-corrected chi connectivity index (χ3v) is 4.75. The second-order valence-electron chi connectivity index (χ2n) is 6.49. The molecule has 0 spiro atoms. The maximum absolute atomic E-state index is 12.5. The quantitative estimate of drug-likeness (QED) is 0.870. The Morgan fingerprint density at radius 2 is 1.96 bits per heavy atom. The average molecular weight is 352 g/mol. The monoisotopic (exact) mass is 352 g/mol. The molecule has 0 bridgehead atoms. The molecule has 1 aliphatic heterocycles. The third kappa shape index (κ3) is 4.04. The molecule has 0 saturated carbocycles. The predicted molar refractivity (Wildman–Crippen MR) is 101 cm³/mol. The standard InChI is InChI=1S/C21H24N2O3/c1-3-15-5-4-6-18(11-15)23-14-17(12-20(23)24)21(25)22-13-16-7-9-19(26-2)10-8-16/h4-11,17H,3,12-14H2,1-2H3,(H,22,25)/t17-/m1/s1. The van der Waals surface area contributed by atoms with Crippen LogP contribution < -0.4 is 15.0 Å². The van der Waals surface area contributed by atoms with Gasteiger partial charge in [0, 0.05) is 25.2 Å². The minimum Gasteiger partial charge on any atom is -0.497 e. The summed E-state index contributed by atoms with van der Waals surface area (Å²) in [6.07, 6.45) is 1.17. The van der Waals surface area contributed by atoms with E-state index in [1.807, 2.05) is 48.5 Å². The summed E-state index contributed by atoms with van der Waals surface area (Å²) >= 11 is 0. The van der Waals surface area contributed by atoms with E-state index in [0.29, 0.717) is 13.1 Å². The first-order valence-electron chi connectivity index (χ1n) is 8.90. The highest BCUT2D eigenvalue weighted by Gasteiger charge is 2.35. The maximum atomic E-state index is 12.5. The molecule has 0 unspecified atom stereocenters. The number of carbonyl (C=O) groups excluding carboxylic acids is 2. The van der Waals surface area contributed by atoms with Crippen LogP contribution in [0.15, 0.2) is 48.5 Å². The molecule has 2 amide bonds. The second kappa shape index (κ2) is 8.04. The summed E-state index contributed by atoms with van der Waals surface area (Å²) in [6, 6.07) is 15.5. The number of hydrogen-bond acceptors (Lipinski definition) is 3. The number of carbonyl (C=O) groups is 2. The van der Waals surface area contributed by atoms with Gasteiger partial charge in [0.05, 0.1) is 13.0 Å². The fraction of sp³-hybridized carbons (Fsp3) is 0.333. The molecule has 0 aliphatic carbocycles. The lowest BCUT2D eigenvalue weighted by Gasteiger charge is -2.17. The average Bonchev–Trinajstić information content (AvgIpc) is 3.08. The lowest BCUT2D eigenvalue weighted by molar-refractivity contribution is -0.126. The van der Waals surface area contributed by atoms with Crippen molar-refractivity contribution in [2.45, 2.75) is 26.3 Å². The third-order valence-electron chi connectivity index (χ3n) is 4.75. The van der Waals surface area contributed by atoms with Gasteiger partial charge in [-0.15, -0.1) is 0 Å². The second-order valence-corrected chi connectivity index (χ2v) is 6.49. The molecule has 5 nitrogen and oxygen atoms in total. The number of nitrogens with one attached hydrogen (secondary N) is 1. The lowest BCUT2D eigenvalue weighted by atomic mass is 10.1. The number of methoxy groups -OCH3 is 1. The molecule has 1 fully saturated rings. The van der Waals surface area contributed by atoms with Crippen LogP contribution >= 0.6 is 0 Å². The van der Waals surface area contributed by atoms with Gasteiger partial charge >= 0.3 is 0 Å². The van der Waals surface area contributed by atoms with Crippen LogP contribution in [0.25, 0.3) is 0 Å². The Bertz CT molecular complexity index is 786. The molecule has 1 atom stereocenters. The van der Waals surface area contributed by atoms with Crippen molar-refractivity contribution in [1.82, 2.24) is 5.32 Å². The van der Waals surface area contributed by atoms with Gasteiger partial charge in [-0.2, -0.15) is 0 Å². The Kier molecular flexibility index (Phi) is 5.56. The SMILES string of the molecule is CCc1cccc(N2C[C@H](C(=O)NCc3ccc(OC)cc3)CC2=O)c1. The predicted octanol–water partition coefficient (Wildman–Crippen LogP) is 2.93. The molecule has 3 rings (SSSR count). The van der Waals surface area contributed by atoms with Crippen molar-refractivity contribution in [3.63, 3.8) is 0 Å². The molecule has 2 aromatic rings. The van der Waals surface area contributed by atoms with E-state index in [1.54, 1.807) is 12.0 Å². The highest BCUT2D eigenvalue weighted by molar-refractivity contribution is 6.00. The normalized spacial score (nSPS) is 16.6. The van der Waals surface area contributed by atoms with Crippen molar-refractivity contribution in [3.05, 3.63) is 59.7 Å². The Hall–Kier alpha value is -2.82. The maximum Gasteiger partial charge on any atom is 0.227 e. The van der Waals surface area contributed by atoms with Crippen LogP contribution in [-0.2, 0) is 22.6 Å². The summed E-state index contributed by atoms with van der Waals surface area (Å²) in [5, 5.41) is 2.93. The van der Waals surface area contributed by atoms with Crippen LogP contribution in [-0.4, -0.2) is 25.5 Å². The first-order chi connectivity index (χ1) is 12.6. The number of ether oxygens (including phenoxy) is 1. The summed E-state index contributed by atoms with van der Waals surface area (Å²) in [4.78, 5) is 26.6. The molecule has 5 heteroatoms. The highest BCUT2D eigenvalue weighted by atomic mass is 16.5. The van der Waals surface area contributed by atoms with Gasteiger partial charge < -0.3 is 15.0 Å². The first-order valence-corrected chi connectivity index (χ1v) is 8.90. The molecule has 26 heavy (non-hydrogen) atoms. The fourth-order valence-electron chi connectivity index (χ4n) is 3.15. The molecule has 0 radical (unpaired) electrons. The number of anilines is 1. The minimum absolute atomic E-state index is 0.00264. The van der Waals surface area contributed by atoms with Crippen LogP contribution in [0.3, 0.4) is 0 Å². The number of rotatable bonds is 6. The summed E-state index contributed by atoms with van der Waals surface area (Å²) < 4.78 is 5.13. The van der Waals surface area contributed by atoms with Gasteiger partial charge in [-0.3, -0.25) is 9.59 Å². The zero-order valence-electron chi connectivity index (χ0n) is 15.2. The van der Waals surface area contributed by atoms with E-state index in [1.165, 1.54) is 5.56 Å². The van der Waals surface area contributed by atoms with E-state index in [-0.39, 0.29) is 24.2 Å². The van der Waals surface area contributed by atoms with Crippen LogP contribution in [0.2, 0.25) is 0 Å². The van der Waals surface area contributed by atoms with Gasteiger partial charge in [0.15, 0.2) is 0 Å². The van der Waals surface area contributed by atoms with Gasteiger partial charge in [-0.25, -0.2) is 0 Å². The summed E-state index contributed by atoms with van der Waals surface area (Å²) in [5.41, 5.74) is 3.05. The van der Waals surface area contributed by atoms with Gasteiger partial charge in [0.25, 0.3) is 0 Å². The van der Waals surface area contributed by atoms with Crippen LogP contribution in [0, 0.1) is 5.92 Å². The number of amides is 2.